The predicted molar refractivity (Wildman–Crippen MR) is 117 cm³/mol. The first-order valence-corrected chi connectivity index (χ1v) is 12.2. The Labute approximate surface area is 180 Å². The SMILES string of the molecule is C[C@@H]1COCCN1c1cc([C@@H]2CCCS2(=N)=O)nc(-c2cc(Cl)nc3[nH]ccc23)n1. The van der Waals surface area contributed by atoms with Crippen LogP contribution < -0.4 is 4.90 Å². The topological polar surface area (TPSA) is 108 Å². The first-order chi connectivity index (χ1) is 14.4. The van der Waals surface area contributed by atoms with Crippen LogP contribution in [0.5, 0.6) is 0 Å². The Hall–Kier alpha value is -2.23. The van der Waals surface area contributed by atoms with Crippen molar-refractivity contribution >= 4 is 38.2 Å². The number of aromatic nitrogens is 4. The number of pyridine rings is 1. The van der Waals surface area contributed by atoms with Crippen molar-refractivity contribution in [3.8, 4) is 11.4 Å². The van der Waals surface area contributed by atoms with Crippen molar-refractivity contribution in [2.45, 2.75) is 31.1 Å². The Bertz CT molecular complexity index is 1210. The van der Waals surface area contributed by atoms with Gasteiger partial charge in [0.1, 0.15) is 16.6 Å². The molecule has 2 fully saturated rings. The van der Waals surface area contributed by atoms with E-state index in [1.54, 1.807) is 12.3 Å². The van der Waals surface area contributed by atoms with Gasteiger partial charge in [-0.25, -0.2) is 19.2 Å². The molecule has 3 atom stereocenters. The highest BCUT2D eigenvalue weighted by atomic mass is 35.5. The van der Waals surface area contributed by atoms with Crippen LogP contribution in [0.4, 0.5) is 5.82 Å². The van der Waals surface area contributed by atoms with Crippen LogP contribution >= 0.6 is 11.6 Å². The van der Waals surface area contributed by atoms with E-state index in [4.69, 9.17) is 31.1 Å². The van der Waals surface area contributed by atoms with Crippen LogP contribution in [0.2, 0.25) is 5.15 Å². The van der Waals surface area contributed by atoms with E-state index in [0.717, 1.165) is 23.2 Å². The molecule has 5 heterocycles. The molecule has 0 radical (unpaired) electrons. The first kappa shape index (κ1) is 19.7. The Kier molecular flexibility index (Phi) is 4.91. The second-order valence-electron chi connectivity index (χ2n) is 7.89. The molecule has 2 N–H and O–H groups in total. The van der Waals surface area contributed by atoms with E-state index in [1.807, 2.05) is 12.1 Å². The van der Waals surface area contributed by atoms with Crippen molar-refractivity contribution in [3.05, 3.63) is 35.2 Å². The minimum absolute atomic E-state index is 0.159. The van der Waals surface area contributed by atoms with Gasteiger partial charge >= 0.3 is 0 Å². The number of fused-ring (bicyclic) bond motifs is 1. The van der Waals surface area contributed by atoms with Gasteiger partial charge in [-0.2, -0.15) is 0 Å². The zero-order valence-corrected chi connectivity index (χ0v) is 18.2. The fourth-order valence-electron chi connectivity index (χ4n) is 4.30. The molecule has 0 amide bonds. The van der Waals surface area contributed by atoms with Gasteiger partial charge in [0.05, 0.1) is 39.9 Å². The lowest BCUT2D eigenvalue weighted by molar-refractivity contribution is 0.0985. The fraction of sp³-hybridized carbons (Fsp3) is 0.450. The maximum atomic E-state index is 12.9. The number of ether oxygens (including phenoxy) is 1. The second-order valence-corrected chi connectivity index (χ2v) is 10.7. The molecule has 8 nitrogen and oxygen atoms in total. The Morgan fingerprint density at radius 3 is 2.97 bits per heavy atom. The largest absolute Gasteiger partial charge is 0.377 e. The van der Waals surface area contributed by atoms with E-state index in [-0.39, 0.29) is 11.3 Å². The zero-order valence-electron chi connectivity index (χ0n) is 16.6. The van der Waals surface area contributed by atoms with Gasteiger partial charge in [0, 0.05) is 35.5 Å². The average molecular weight is 447 g/mol. The molecular formula is C20H23ClN6O2S. The number of rotatable bonds is 3. The number of aromatic amines is 1. The minimum atomic E-state index is -2.72. The number of H-pyrrole nitrogens is 1. The fourth-order valence-corrected chi connectivity index (χ4v) is 6.43. The molecule has 0 spiro atoms. The molecule has 0 bridgehead atoms. The molecule has 3 aromatic rings. The summed E-state index contributed by atoms with van der Waals surface area (Å²) in [5.74, 6) is 1.70. The molecule has 30 heavy (non-hydrogen) atoms. The highest BCUT2D eigenvalue weighted by Gasteiger charge is 2.32. The number of halogens is 1. The van der Waals surface area contributed by atoms with Crippen molar-refractivity contribution in [3.63, 3.8) is 0 Å². The lowest BCUT2D eigenvalue weighted by Crippen LogP contribution is -2.44. The smallest absolute Gasteiger partial charge is 0.162 e. The van der Waals surface area contributed by atoms with Gasteiger partial charge in [-0.05, 0) is 31.9 Å². The molecule has 10 heteroatoms. The Balaban J connectivity index is 1.71. The highest BCUT2D eigenvalue weighted by Crippen LogP contribution is 2.37. The van der Waals surface area contributed by atoms with Gasteiger partial charge < -0.3 is 14.6 Å². The third kappa shape index (κ3) is 3.44. The molecular weight excluding hydrogens is 424 g/mol. The average Bonchev–Trinajstić information content (AvgIpc) is 3.32. The van der Waals surface area contributed by atoms with E-state index in [9.17, 15) is 4.21 Å². The number of hydrogen-bond acceptors (Lipinski definition) is 7. The van der Waals surface area contributed by atoms with Crippen LogP contribution in [0.15, 0.2) is 24.4 Å². The maximum absolute atomic E-state index is 12.9. The van der Waals surface area contributed by atoms with Crippen molar-refractivity contribution in [1.82, 2.24) is 19.9 Å². The van der Waals surface area contributed by atoms with Gasteiger partial charge in [-0.1, -0.05) is 11.6 Å². The Morgan fingerprint density at radius 2 is 2.20 bits per heavy atom. The Morgan fingerprint density at radius 1 is 1.33 bits per heavy atom. The summed E-state index contributed by atoms with van der Waals surface area (Å²) in [4.78, 5) is 19.3. The summed E-state index contributed by atoms with van der Waals surface area (Å²) < 4.78 is 26.8. The number of nitrogens with zero attached hydrogens (tertiary/aromatic N) is 4. The molecule has 2 saturated heterocycles. The van der Waals surface area contributed by atoms with Crippen LogP contribution in [0.3, 0.4) is 0 Å². The van der Waals surface area contributed by atoms with E-state index in [0.29, 0.717) is 54.3 Å². The molecule has 2 aliphatic rings. The van der Waals surface area contributed by atoms with Gasteiger partial charge in [-0.15, -0.1) is 0 Å². The van der Waals surface area contributed by atoms with Crippen molar-refractivity contribution < 1.29 is 8.95 Å². The molecule has 158 valence electrons. The predicted octanol–water partition coefficient (Wildman–Crippen LogP) is 3.78. The van der Waals surface area contributed by atoms with E-state index in [1.165, 1.54) is 0 Å². The third-order valence-electron chi connectivity index (χ3n) is 5.84. The molecule has 0 saturated carbocycles. The lowest BCUT2D eigenvalue weighted by Gasteiger charge is -2.34. The van der Waals surface area contributed by atoms with Crippen LogP contribution in [-0.4, -0.2) is 55.7 Å². The van der Waals surface area contributed by atoms with Gasteiger partial charge in [0.2, 0.25) is 0 Å². The highest BCUT2D eigenvalue weighted by molar-refractivity contribution is 7.92. The summed E-state index contributed by atoms with van der Waals surface area (Å²) in [6, 6.07) is 5.75. The molecule has 3 aromatic heterocycles. The third-order valence-corrected chi connectivity index (χ3v) is 8.32. The first-order valence-electron chi connectivity index (χ1n) is 10.0. The summed E-state index contributed by atoms with van der Waals surface area (Å²) in [6.45, 7) is 4.06. The normalized spacial score (nSPS) is 27.1. The van der Waals surface area contributed by atoms with Crippen molar-refractivity contribution in [2.24, 2.45) is 0 Å². The summed E-state index contributed by atoms with van der Waals surface area (Å²) in [5.41, 5.74) is 2.10. The van der Waals surface area contributed by atoms with Crippen molar-refractivity contribution in [2.75, 3.05) is 30.4 Å². The van der Waals surface area contributed by atoms with Gasteiger partial charge in [-0.3, -0.25) is 4.78 Å². The number of anilines is 1. The zero-order chi connectivity index (χ0) is 20.9. The second kappa shape index (κ2) is 7.47. The minimum Gasteiger partial charge on any atom is -0.377 e. The van der Waals surface area contributed by atoms with E-state index < -0.39 is 9.73 Å². The number of nitrogens with one attached hydrogen (secondary N) is 2. The summed E-state index contributed by atoms with van der Waals surface area (Å²) in [7, 11) is -2.72. The molecule has 1 unspecified atom stereocenters. The summed E-state index contributed by atoms with van der Waals surface area (Å²) >= 11 is 6.26. The van der Waals surface area contributed by atoms with Crippen LogP contribution in [0, 0.1) is 4.78 Å². The quantitative estimate of drug-likeness (QED) is 0.593. The summed E-state index contributed by atoms with van der Waals surface area (Å²) in [6.07, 6.45) is 3.28. The van der Waals surface area contributed by atoms with Crippen LogP contribution in [0.25, 0.3) is 22.4 Å². The van der Waals surface area contributed by atoms with Gasteiger partial charge in [0.15, 0.2) is 5.82 Å². The monoisotopic (exact) mass is 446 g/mol. The van der Waals surface area contributed by atoms with Crippen molar-refractivity contribution in [1.29, 1.82) is 4.78 Å². The molecule has 0 aliphatic carbocycles. The number of hydrogen-bond donors (Lipinski definition) is 2. The van der Waals surface area contributed by atoms with E-state index >= 15 is 0 Å². The lowest BCUT2D eigenvalue weighted by atomic mass is 10.1. The molecule has 0 aromatic carbocycles. The van der Waals surface area contributed by atoms with Gasteiger partial charge in [0.25, 0.3) is 0 Å². The standard InChI is InChI=1S/C20H23ClN6O2S/c1-12-11-29-7-6-27(12)18-10-15(16-3-2-8-30(16,22)28)24-20(26-18)14-9-17(21)25-19-13(14)4-5-23-19/h4-5,9-10,12,16,22H,2-3,6-8,11H2,1H3,(H,23,25)/t12-,16+,30?/m1/s1. The number of morpholine rings is 1. The molecule has 5 rings (SSSR count). The molecule has 2 aliphatic heterocycles. The summed E-state index contributed by atoms with van der Waals surface area (Å²) in [5, 5.41) is 0.837. The maximum Gasteiger partial charge on any atom is 0.162 e. The van der Waals surface area contributed by atoms with E-state index in [2.05, 4.69) is 21.8 Å². The van der Waals surface area contributed by atoms with Crippen LogP contribution in [0.1, 0.15) is 30.7 Å². The van der Waals surface area contributed by atoms with Crippen LogP contribution in [-0.2, 0) is 14.5 Å².